The van der Waals surface area contributed by atoms with Gasteiger partial charge in [-0.1, -0.05) is 0 Å². The molecule has 0 aliphatic rings. The summed E-state index contributed by atoms with van der Waals surface area (Å²) in [6, 6.07) is -0.880. The van der Waals surface area contributed by atoms with Gasteiger partial charge in [0.15, 0.2) is 0 Å². The summed E-state index contributed by atoms with van der Waals surface area (Å²) in [5, 5.41) is 12.2. The largest absolute Gasteiger partial charge is 0.548 e. The molecule has 0 radical (unpaired) electrons. The summed E-state index contributed by atoms with van der Waals surface area (Å²) in [6.45, 7) is 2.57. The van der Waals surface area contributed by atoms with E-state index < -0.39 is 17.5 Å². The number of carboxylic acids is 1. The van der Waals surface area contributed by atoms with Crippen LogP contribution in [0.15, 0.2) is 0 Å². The Balaban J connectivity index is 4.13. The molecular formula is C5H9N2O3-. The van der Waals surface area contributed by atoms with Gasteiger partial charge in [0.05, 0.1) is 11.5 Å². The van der Waals surface area contributed by atoms with E-state index >= 15 is 0 Å². The van der Waals surface area contributed by atoms with Gasteiger partial charge in [-0.05, 0) is 13.8 Å². The third-order valence-corrected chi connectivity index (χ3v) is 0.946. The van der Waals surface area contributed by atoms with Crippen molar-refractivity contribution in [3.05, 3.63) is 0 Å². The topological polar surface area (TPSA) is 95.2 Å². The van der Waals surface area contributed by atoms with E-state index in [-0.39, 0.29) is 0 Å². The van der Waals surface area contributed by atoms with Crippen molar-refractivity contribution in [2.45, 2.75) is 19.4 Å². The molecule has 2 amide bonds. The number of urea groups is 1. The van der Waals surface area contributed by atoms with Crippen LogP contribution in [0.1, 0.15) is 13.8 Å². The Hall–Kier alpha value is -1.26. The fraction of sp³-hybridized carbons (Fsp3) is 0.600. The van der Waals surface area contributed by atoms with Crippen molar-refractivity contribution in [2.75, 3.05) is 0 Å². The molecular weight excluding hydrogens is 136 g/mol. The van der Waals surface area contributed by atoms with Crippen LogP contribution in [0.3, 0.4) is 0 Å². The summed E-state index contributed by atoms with van der Waals surface area (Å²) in [5.41, 5.74) is 3.28. The summed E-state index contributed by atoms with van der Waals surface area (Å²) in [7, 11) is 0. The molecule has 0 rings (SSSR count). The first kappa shape index (κ1) is 8.74. The van der Waals surface area contributed by atoms with Gasteiger partial charge in [0.1, 0.15) is 0 Å². The van der Waals surface area contributed by atoms with Gasteiger partial charge in [-0.2, -0.15) is 0 Å². The highest BCUT2D eigenvalue weighted by atomic mass is 16.4. The number of aliphatic carboxylic acids is 1. The second-order valence-electron chi connectivity index (χ2n) is 2.40. The van der Waals surface area contributed by atoms with Gasteiger partial charge < -0.3 is 21.0 Å². The molecule has 0 saturated carbocycles. The smallest absolute Gasteiger partial charge is 0.312 e. The zero-order valence-electron chi connectivity index (χ0n) is 5.80. The Bertz CT molecular complexity index is 164. The molecule has 0 spiro atoms. The van der Waals surface area contributed by atoms with Crippen molar-refractivity contribution in [1.82, 2.24) is 5.32 Å². The molecule has 0 saturated heterocycles. The number of nitrogens with two attached hydrogens (primary N) is 1. The molecule has 0 bridgehead atoms. The summed E-state index contributed by atoms with van der Waals surface area (Å²) < 4.78 is 0. The third-order valence-electron chi connectivity index (χ3n) is 0.946. The molecule has 0 heterocycles. The summed E-state index contributed by atoms with van der Waals surface area (Å²) in [4.78, 5) is 20.3. The zero-order chi connectivity index (χ0) is 8.36. The van der Waals surface area contributed by atoms with Gasteiger partial charge in [0.2, 0.25) is 0 Å². The van der Waals surface area contributed by atoms with Crippen LogP contribution in [0.2, 0.25) is 0 Å². The van der Waals surface area contributed by atoms with Gasteiger partial charge in [-0.15, -0.1) is 0 Å². The molecule has 10 heavy (non-hydrogen) atoms. The van der Waals surface area contributed by atoms with E-state index in [1.807, 2.05) is 5.32 Å². The molecule has 0 atom stereocenters. The van der Waals surface area contributed by atoms with E-state index in [2.05, 4.69) is 5.73 Å². The minimum atomic E-state index is -1.40. The van der Waals surface area contributed by atoms with Gasteiger partial charge in [-0.25, -0.2) is 4.79 Å². The van der Waals surface area contributed by atoms with E-state index in [0.29, 0.717) is 0 Å². The quantitative estimate of drug-likeness (QED) is 0.479. The van der Waals surface area contributed by atoms with Gasteiger partial charge >= 0.3 is 6.03 Å². The van der Waals surface area contributed by atoms with Crippen molar-refractivity contribution < 1.29 is 14.7 Å². The van der Waals surface area contributed by atoms with E-state index in [9.17, 15) is 14.7 Å². The first-order chi connectivity index (χ1) is 4.36. The lowest BCUT2D eigenvalue weighted by atomic mass is 10.1. The highest BCUT2D eigenvalue weighted by Gasteiger charge is 2.19. The fourth-order valence-corrected chi connectivity index (χ4v) is 0.359. The van der Waals surface area contributed by atoms with Gasteiger partial charge in [0, 0.05) is 0 Å². The maximum atomic E-state index is 10.2. The van der Waals surface area contributed by atoms with Crippen molar-refractivity contribution in [3.63, 3.8) is 0 Å². The molecule has 0 unspecified atom stereocenters. The number of primary amides is 1. The van der Waals surface area contributed by atoms with Crippen LogP contribution >= 0.6 is 0 Å². The standard InChI is InChI=1S/C5H10N2O3/c1-5(2,3(8)9)7-4(6)10/h1-2H3,(H,8,9)(H3,6,7,10)/p-1. The average Bonchev–Trinajstić information content (AvgIpc) is 1.60. The summed E-state index contributed by atoms with van der Waals surface area (Å²) >= 11 is 0. The van der Waals surface area contributed by atoms with Crippen LogP contribution in [0, 0.1) is 0 Å². The predicted molar refractivity (Wildman–Crippen MR) is 31.8 cm³/mol. The molecule has 0 aromatic rings. The normalized spacial score (nSPS) is 10.6. The van der Waals surface area contributed by atoms with E-state index in [1.54, 1.807) is 0 Å². The number of rotatable bonds is 2. The van der Waals surface area contributed by atoms with Gasteiger partial charge in [-0.3, -0.25) is 0 Å². The molecule has 58 valence electrons. The predicted octanol–water partition coefficient (Wildman–Crippen LogP) is -1.82. The number of hydrogen-bond donors (Lipinski definition) is 2. The summed E-state index contributed by atoms with van der Waals surface area (Å²) in [5.74, 6) is -1.37. The minimum Gasteiger partial charge on any atom is -0.548 e. The second kappa shape index (κ2) is 2.55. The molecule has 5 heteroatoms. The average molecular weight is 145 g/mol. The number of amides is 2. The first-order valence-corrected chi connectivity index (χ1v) is 2.65. The number of carbonyl (C=O) groups excluding carboxylic acids is 2. The number of carbonyl (C=O) groups is 2. The minimum absolute atomic E-state index is 0.880. The SMILES string of the molecule is CC(C)(NC(N)=O)C(=O)[O-]. The molecule has 0 fully saturated rings. The molecule has 5 nitrogen and oxygen atoms in total. The van der Waals surface area contributed by atoms with E-state index in [1.165, 1.54) is 13.8 Å². The Labute approximate surface area is 58.2 Å². The highest BCUT2D eigenvalue weighted by Crippen LogP contribution is 1.97. The van der Waals surface area contributed by atoms with Crippen molar-refractivity contribution >= 4 is 12.0 Å². The summed E-state index contributed by atoms with van der Waals surface area (Å²) in [6.07, 6.45) is 0. The lowest BCUT2D eigenvalue weighted by Gasteiger charge is -2.25. The van der Waals surface area contributed by atoms with Crippen LogP contribution in [-0.2, 0) is 4.79 Å². The second-order valence-corrected chi connectivity index (χ2v) is 2.40. The monoisotopic (exact) mass is 145 g/mol. The van der Waals surface area contributed by atoms with E-state index in [4.69, 9.17) is 0 Å². The lowest BCUT2D eigenvalue weighted by Crippen LogP contribution is -2.57. The maximum Gasteiger partial charge on any atom is 0.312 e. The lowest BCUT2D eigenvalue weighted by molar-refractivity contribution is -0.312. The molecule has 0 aromatic heterocycles. The van der Waals surface area contributed by atoms with Crippen LogP contribution in [0.5, 0.6) is 0 Å². The van der Waals surface area contributed by atoms with Crippen molar-refractivity contribution in [3.8, 4) is 0 Å². The fourth-order valence-electron chi connectivity index (χ4n) is 0.359. The molecule has 0 aliphatic carbocycles. The molecule has 0 aliphatic heterocycles. The van der Waals surface area contributed by atoms with Gasteiger partial charge in [0.25, 0.3) is 0 Å². The Morgan fingerprint density at radius 2 is 1.90 bits per heavy atom. The highest BCUT2D eigenvalue weighted by molar-refractivity contribution is 5.83. The van der Waals surface area contributed by atoms with Crippen LogP contribution in [0.25, 0.3) is 0 Å². The Morgan fingerprint density at radius 3 is 2.00 bits per heavy atom. The number of hydrogen-bond acceptors (Lipinski definition) is 3. The van der Waals surface area contributed by atoms with Crippen LogP contribution < -0.4 is 16.2 Å². The zero-order valence-corrected chi connectivity index (χ0v) is 5.80. The van der Waals surface area contributed by atoms with Crippen molar-refractivity contribution in [1.29, 1.82) is 0 Å². The Kier molecular flexibility index (Phi) is 2.23. The third kappa shape index (κ3) is 2.34. The molecule has 3 N–H and O–H groups in total. The Morgan fingerprint density at radius 1 is 1.50 bits per heavy atom. The van der Waals surface area contributed by atoms with Crippen LogP contribution in [-0.4, -0.2) is 17.5 Å². The first-order valence-electron chi connectivity index (χ1n) is 2.65. The van der Waals surface area contributed by atoms with E-state index in [0.717, 1.165) is 0 Å². The number of carboxylic acid groups (broad SMARTS) is 1. The van der Waals surface area contributed by atoms with Crippen molar-refractivity contribution in [2.24, 2.45) is 5.73 Å². The molecule has 0 aromatic carbocycles. The number of nitrogens with one attached hydrogen (secondary N) is 1. The maximum absolute atomic E-state index is 10.2. The van der Waals surface area contributed by atoms with Crippen LogP contribution in [0.4, 0.5) is 4.79 Å².